The standard InChI is InChI=1S/C16H19ClN4O2/c1-11(16(22)20-15-5-4-13(17)7-18-15)21-6-2-3-12(8-21)14-9-23-10-19-14/h4-5,7,9-12H,2-3,6,8H2,1H3,(H,18,20,22)/t11-,12+/m0/s1. The normalized spacial score (nSPS) is 20.2. The topological polar surface area (TPSA) is 71.3 Å². The quantitative estimate of drug-likeness (QED) is 0.930. The first-order chi connectivity index (χ1) is 11.1. The van der Waals surface area contributed by atoms with Crippen LogP contribution in [0.1, 0.15) is 31.4 Å². The minimum absolute atomic E-state index is 0.0689. The Morgan fingerprint density at radius 2 is 2.35 bits per heavy atom. The van der Waals surface area contributed by atoms with Crippen LogP contribution in [0.5, 0.6) is 0 Å². The third-order valence-corrected chi connectivity index (χ3v) is 4.45. The first kappa shape index (κ1) is 16.0. The number of hydrogen-bond donors (Lipinski definition) is 1. The van der Waals surface area contributed by atoms with E-state index >= 15 is 0 Å². The summed E-state index contributed by atoms with van der Waals surface area (Å²) in [6.45, 7) is 3.61. The lowest BCUT2D eigenvalue weighted by Gasteiger charge is -2.35. The van der Waals surface area contributed by atoms with E-state index in [0.29, 0.717) is 16.8 Å². The molecule has 0 saturated carbocycles. The zero-order valence-corrected chi connectivity index (χ0v) is 13.7. The van der Waals surface area contributed by atoms with Gasteiger partial charge in [-0.3, -0.25) is 9.69 Å². The SMILES string of the molecule is C[C@@H](C(=O)Nc1ccc(Cl)cn1)N1CCC[C@@H](c2cocn2)C1. The van der Waals surface area contributed by atoms with Crippen LogP contribution < -0.4 is 5.32 Å². The molecule has 23 heavy (non-hydrogen) atoms. The molecular weight excluding hydrogens is 316 g/mol. The van der Waals surface area contributed by atoms with E-state index in [2.05, 4.69) is 20.2 Å². The van der Waals surface area contributed by atoms with Crippen molar-refractivity contribution in [3.8, 4) is 0 Å². The molecule has 1 fully saturated rings. The number of nitrogens with one attached hydrogen (secondary N) is 1. The van der Waals surface area contributed by atoms with Crippen molar-refractivity contribution in [2.75, 3.05) is 18.4 Å². The van der Waals surface area contributed by atoms with Gasteiger partial charge in [0.15, 0.2) is 6.39 Å². The van der Waals surface area contributed by atoms with Crippen molar-refractivity contribution in [1.82, 2.24) is 14.9 Å². The molecule has 1 amide bonds. The predicted molar refractivity (Wildman–Crippen MR) is 87.4 cm³/mol. The molecule has 0 bridgehead atoms. The maximum atomic E-state index is 12.4. The minimum Gasteiger partial charge on any atom is -0.451 e. The number of piperidine rings is 1. The lowest BCUT2D eigenvalue weighted by atomic mass is 9.94. The van der Waals surface area contributed by atoms with Crippen LogP contribution in [0, 0.1) is 0 Å². The van der Waals surface area contributed by atoms with Crippen molar-refractivity contribution in [1.29, 1.82) is 0 Å². The molecule has 0 unspecified atom stereocenters. The monoisotopic (exact) mass is 334 g/mol. The van der Waals surface area contributed by atoms with Gasteiger partial charge in [-0.25, -0.2) is 9.97 Å². The fourth-order valence-electron chi connectivity index (χ4n) is 2.87. The van der Waals surface area contributed by atoms with Crippen LogP contribution in [0.15, 0.2) is 35.4 Å². The van der Waals surface area contributed by atoms with Crippen LogP contribution in [0.4, 0.5) is 5.82 Å². The van der Waals surface area contributed by atoms with Crippen LogP contribution in [-0.4, -0.2) is 39.9 Å². The van der Waals surface area contributed by atoms with Crippen LogP contribution in [-0.2, 0) is 4.79 Å². The number of halogens is 1. The van der Waals surface area contributed by atoms with Crippen molar-refractivity contribution in [3.63, 3.8) is 0 Å². The van der Waals surface area contributed by atoms with Gasteiger partial charge in [-0.05, 0) is 38.4 Å². The molecule has 3 rings (SSSR count). The molecule has 0 aromatic carbocycles. The Hall–Kier alpha value is -1.92. The molecule has 2 aromatic heterocycles. The fraction of sp³-hybridized carbons (Fsp3) is 0.438. The van der Waals surface area contributed by atoms with Crippen LogP contribution in [0.25, 0.3) is 0 Å². The highest BCUT2D eigenvalue weighted by atomic mass is 35.5. The number of nitrogens with zero attached hydrogens (tertiary/aromatic N) is 3. The summed E-state index contributed by atoms with van der Waals surface area (Å²) in [7, 11) is 0. The molecule has 6 nitrogen and oxygen atoms in total. The highest BCUT2D eigenvalue weighted by molar-refractivity contribution is 6.30. The number of anilines is 1. The summed E-state index contributed by atoms with van der Waals surface area (Å²) in [6.07, 6.45) is 6.76. The summed E-state index contributed by atoms with van der Waals surface area (Å²) in [5.41, 5.74) is 0.960. The maximum Gasteiger partial charge on any atom is 0.242 e. The average molecular weight is 335 g/mol. The molecule has 1 aliphatic heterocycles. The summed E-state index contributed by atoms with van der Waals surface area (Å²) in [5.74, 6) is 0.753. The number of carbonyl (C=O) groups excluding carboxylic acids is 1. The Labute approximate surface area is 139 Å². The number of rotatable bonds is 4. The fourth-order valence-corrected chi connectivity index (χ4v) is 2.98. The summed E-state index contributed by atoms with van der Waals surface area (Å²) in [4.78, 5) is 22.9. The molecule has 1 aliphatic rings. The Morgan fingerprint density at radius 1 is 1.48 bits per heavy atom. The second-order valence-corrected chi connectivity index (χ2v) is 6.21. The van der Waals surface area contributed by atoms with E-state index in [9.17, 15) is 4.79 Å². The zero-order valence-electron chi connectivity index (χ0n) is 12.9. The van der Waals surface area contributed by atoms with Gasteiger partial charge >= 0.3 is 0 Å². The van der Waals surface area contributed by atoms with Gasteiger partial charge in [0.25, 0.3) is 0 Å². The molecule has 0 aliphatic carbocycles. The van der Waals surface area contributed by atoms with Gasteiger partial charge in [0, 0.05) is 18.7 Å². The van der Waals surface area contributed by atoms with E-state index < -0.39 is 0 Å². The number of aromatic nitrogens is 2. The Balaban J connectivity index is 1.61. The molecule has 0 radical (unpaired) electrons. The zero-order chi connectivity index (χ0) is 16.2. The number of hydrogen-bond acceptors (Lipinski definition) is 5. The van der Waals surface area contributed by atoms with Gasteiger partial charge in [0.05, 0.1) is 16.8 Å². The van der Waals surface area contributed by atoms with Gasteiger partial charge in [-0.2, -0.15) is 0 Å². The third-order valence-electron chi connectivity index (χ3n) is 4.23. The Kier molecular flexibility index (Phi) is 4.93. The molecule has 3 heterocycles. The first-order valence-electron chi connectivity index (χ1n) is 7.68. The third kappa shape index (κ3) is 3.89. The molecule has 2 atom stereocenters. The number of likely N-dealkylation sites (tertiary alicyclic amines) is 1. The minimum atomic E-state index is -0.234. The lowest BCUT2D eigenvalue weighted by Crippen LogP contribution is -2.46. The molecular formula is C16H19ClN4O2. The second kappa shape index (κ2) is 7.10. The maximum absolute atomic E-state index is 12.4. The number of carbonyl (C=O) groups is 1. The van der Waals surface area contributed by atoms with Crippen LogP contribution in [0.2, 0.25) is 5.02 Å². The van der Waals surface area contributed by atoms with Crippen molar-refractivity contribution in [2.24, 2.45) is 0 Å². The van der Waals surface area contributed by atoms with Gasteiger partial charge in [0.2, 0.25) is 5.91 Å². The summed E-state index contributed by atoms with van der Waals surface area (Å²) >= 11 is 5.80. The van der Waals surface area contributed by atoms with E-state index in [1.807, 2.05) is 6.92 Å². The summed E-state index contributed by atoms with van der Waals surface area (Å²) < 4.78 is 5.07. The molecule has 2 aromatic rings. The number of amides is 1. The van der Waals surface area contributed by atoms with E-state index in [1.165, 1.54) is 12.6 Å². The van der Waals surface area contributed by atoms with E-state index in [4.69, 9.17) is 16.0 Å². The molecule has 7 heteroatoms. The van der Waals surface area contributed by atoms with Crippen molar-refractivity contribution < 1.29 is 9.21 Å². The van der Waals surface area contributed by atoms with E-state index in [-0.39, 0.29) is 11.9 Å². The smallest absolute Gasteiger partial charge is 0.242 e. The Bertz CT molecular complexity index is 645. The summed E-state index contributed by atoms with van der Waals surface area (Å²) in [6, 6.07) is 3.17. The van der Waals surface area contributed by atoms with E-state index in [1.54, 1.807) is 18.4 Å². The predicted octanol–water partition coefficient (Wildman–Crippen LogP) is 2.93. The molecule has 1 saturated heterocycles. The van der Waals surface area contributed by atoms with Crippen LogP contribution in [0.3, 0.4) is 0 Å². The summed E-state index contributed by atoms with van der Waals surface area (Å²) in [5, 5.41) is 3.38. The largest absolute Gasteiger partial charge is 0.451 e. The van der Waals surface area contributed by atoms with E-state index in [0.717, 1.165) is 31.6 Å². The molecule has 122 valence electrons. The van der Waals surface area contributed by atoms with Crippen molar-refractivity contribution in [3.05, 3.63) is 41.7 Å². The highest BCUT2D eigenvalue weighted by Gasteiger charge is 2.29. The van der Waals surface area contributed by atoms with Gasteiger partial charge < -0.3 is 9.73 Å². The molecule has 1 N–H and O–H groups in total. The van der Waals surface area contributed by atoms with Gasteiger partial charge in [-0.1, -0.05) is 11.6 Å². The van der Waals surface area contributed by atoms with Crippen molar-refractivity contribution >= 4 is 23.3 Å². The Morgan fingerprint density at radius 3 is 3.04 bits per heavy atom. The van der Waals surface area contributed by atoms with Gasteiger partial charge in [0.1, 0.15) is 12.1 Å². The number of pyridine rings is 1. The van der Waals surface area contributed by atoms with Gasteiger partial charge in [-0.15, -0.1) is 0 Å². The van der Waals surface area contributed by atoms with Crippen LogP contribution >= 0.6 is 11.6 Å². The first-order valence-corrected chi connectivity index (χ1v) is 8.06. The average Bonchev–Trinajstić information content (AvgIpc) is 3.11. The van der Waals surface area contributed by atoms with Crippen molar-refractivity contribution in [2.45, 2.75) is 31.7 Å². The molecule has 0 spiro atoms. The number of oxazole rings is 1. The highest BCUT2D eigenvalue weighted by Crippen LogP contribution is 2.27. The lowest BCUT2D eigenvalue weighted by molar-refractivity contribution is -0.121. The second-order valence-electron chi connectivity index (χ2n) is 5.77.